The van der Waals surface area contributed by atoms with E-state index in [0.717, 1.165) is 35.8 Å². The number of furan rings is 1. The second kappa shape index (κ2) is 5.35. The van der Waals surface area contributed by atoms with Crippen molar-refractivity contribution in [2.45, 2.75) is 45.4 Å². The van der Waals surface area contributed by atoms with Crippen molar-refractivity contribution in [3.63, 3.8) is 0 Å². The minimum absolute atomic E-state index is 0.350. The van der Waals surface area contributed by atoms with Gasteiger partial charge < -0.3 is 19.2 Å². The van der Waals surface area contributed by atoms with E-state index in [-0.39, 0.29) is 0 Å². The Kier molecular flexibility index (Phi) is 3.53. The summed E-state index contributed by atoms with van der Waals surface area (Å²) in [6.07, 6.45) is 3.65. The van der Waals surface area contributed by atoms with E-state index in [9.17, 15) is 0 Å². The van der Waals surface area contributed by atoms with Crippen molar-refractivity contribution in [1.82, 2.24) is 0 Å². The van der Waals surface area contributed by atoms with Gasteiger partial charge in [-0.25, -0.2) is 0 Å². The molecule has 1 unspecified atom stereocenters. The summed E-state index contributed by atoms with van der Waals surface area (Å²) < 4.78 is 16.8. The van der Waals surface area contributed by atoms with Crippen molar-refractivity contribution >= 4 is 5.69 Å². The maximum Gasteiger partial charge on any atom is 0.246 e. The fourth-order valence-electron chi connectivity index (χ4n) is 2.48. The van der Waals surface area contributed by atoms with Crippen LogP contribution in [0.2, 0.25) is 0 Å². The maximum atomic E-state index is 5.76. The smallest absolute Gasteiger partial charge is 0.246 e. The summed E-state index contributed by atoms with van der Waals surface area (Å²) in [5.41, 5.74) is 1.04. The lowest BCUT2D eigenvalue weighted by Gasteiger charge is -2.16. The highest BCUT2D eigenvalue weighted by molar-refractivity contribution is 5.56. The van der Waals surface area contributed by atoms with Gasteiger partial charge in [0.25, 0.3) is 0 Å². The molecule has 4 heteroatoms. The standard InChI is InChI=1S/C17H21NO3/c1-12(6-8-14-5-4-10-19-14)18-13-7-9-15-16(11-13)21-17(2,3)20-15/h4-5,7,9-12,18H,6,8H2,1-3H3. The molecule has 2 heterocycles. The molecule has 0 spiro atoms. The number of ether oxygens (including phenoxy) is 2. The number of nitrogens with one attached hydrogen (secondary N) is 1. The van der Waals surface area contributed by atoms with Gasteiger partial charge in [-0.2, -0.15) is 0 Å². The molecule has 0 saturated carbocycles. The average molecular weight is 287 g/mol. The van der Waals surface area contributed by atoms with Gasteiger partial charge in [-0.3, -0.25) is 0 Å². The van der Waals surface area contributed by atoms with Crippen molar-refractivity contribution in [2.24, 2.45) is 0 Å². The summed E-state index contributed by atoms with van der Waals surface area (Å²) in [6, 6.07) is 10.2. The highest BCUT2D eigenvalue weighted by Crippen LogP contribution is 2.40. The number of aryl methyl sites for hydroxylation is 1. The Bertz CT molecular complexity index is 605. The molecule has 0 aliphatic carbocycles. The number of benzene rings is 1. The van der Waals surface area contributed by atoms with Crippen LogP contribution in [0, 0.1) is 0 Å². The van der Waals surface area contributed by atoms with Gasteiger partial charge in [0.1, 0.15) is 5.76 Å². The van der Waals surface area contributed by atoms with Crippen molar-refractivity contribution in [1.29, 1.82) is 0 Å². The SMILES string of the molecule is CC(CCc1ccco1)Nc1ccc2c(c1)OC(C)(C)O2. The molecular formula is C17H21NO3. The quantitative estimate of drug-likeness (QED) is 0.894. The molecule has 1 aromatic heterocycles. The molecule has 1 aliphatic rings. The maximum absolute atomic E-state index is 5.76. The van der Waals surface area contributed by atoms with Crippen LogP contribution in [0.3, 0.4) is 0 Å². The van der Waals surface area contributed by atoms with Crippen LogP contribution >= 0.6 is 0 Å². The van der Waals surface area contributed by atoms with Crippen molar-refractivity contribution < 1.29 is 13.9 Å². The van der Waals surface area contributed by atoms with Crippen LogP contribution < -0.4 is 14.8 Å². The Labute approximate surface area is 125 Å². The predicted molar refractivity (Wildman–Crippen MR) is 81.9 cm³/mol. The topological polar surface area (TPSA) is 43.6 Å². The van der Waals surface area contributed by atoms with E-state index in [4.69, 9.17) is 13.9 Å². The van der Waals surface area contributed by atoms with Crippen LogP contribution in [0.25, 0.3) is 0 Å². The van der Waals surface area contributed by atoms with Gasteiger partial charge in [-0.05, 0) is 37.6 Å². The summed E-state index contributed by atoms with van der Waals surface area (Å²) in [4.78, 5) is 0. The highest BCUT2D eigenvalue weighted by Gasteiger charge is 2.31. The first-order valence-corrected chi connectivity index (χ1v) is 7.33. The van der Waals surface area contributed by atoms with Crippen LogP contribution in [-0.2, 0) is 6.42 Å². The van der Waals surface area contributed by atoms with Gasteiger partial charge in [0, 0.05) is 38.1 Å². The first-order valence-electron chi connectivity index (χ1n) is 7.33. The monoisotopic (exact) mass is 287 g/mol. The van der Waals surface area contributed by atoms with Crippen molar-refractivity contribution in [3.8, 4) is 11.5 Å². The lowest BCUT2D eigenvalue weighted by atomic mass is 10.1. The first kappa shape index (κ1) is 13.9. The Morgan fingerprint density at radius 2 is 1.95 bits per heavy atom. The summed E-state index contributed by atoms with van der Waals surface area (Å²) in [5, 5.41) is 3.48. The minimum atomic E-state index is -0.578. The summed E-state index contributed by atoms with van der Waals surface area (Å²) >= 11 is 0. The van der Waals surface area contributed by atoms with Crippen LogP contribution in [0.5, 0.6) is 11.5 Å². The Morgan fingerprint density at radius 3 is 2.71 bits per heavy atom. The van der Waals surface area contributed by atoms with Crippen LogP contribution in [0.4, 0.5) is 5.69 Å². The first-order chi connectivity index (χ1) is 10.0. The lowest BCUT2D eigenvalue weighted by Crippen LogP contribution is -2.29. The number of hydrogen-bond acceptors (Lipinski definition) is 4. The highest BCUT2D eigenvalue weighted by atomic mass is 16.7. The van der Waals surface area contributed by atoms with E-state index in [1.807, 2.05) is 44.2 Å². The third kappa shape index (κ3) is 3.32. The third-order valence-corrected chi connectivity index (χ3v) is 3.47. The molecular weight excluding hydrogens is 266 g/mol. The van der Waals surface area contributed by atoms with Gasteiger partial charge >= 0.3 is 0 Å². The van der Waals surface area contributed by atoms with Crippen molar-refractivity contribution in [3.05, 3.63) is 42.4 Å². The van der Waals surface area contributed by atoms with Gasteiger partial charge in [0.05, 0.1) is 6.26 Å². The van der Waals surface area contributed by atoms with Crippen LogP contribution in [-0.4, -0.2) is 11.8 Å². The molecule has 0 bridgehead atoms. The molecule has 4 nitrogen and oxygen atoms in total. The molecule has 0 amide bonds. The zero-order valence-corrected chi connectivity index (χ0v) is 12.7. The molecule has 1 N–H and O–H groups in total. The lowest BCUT2D eigenvalue weighted by molar-refractivity contribution is -0.0431. The Morgan fingerprint density at radius 1 is 1.14 bits per heavy atom. The summed E-state index contributed by atoms with van der Waals surface area (Å²) in [7, 11) is 0. The molecule has 1 aliphatic heterocycles. The fourth-order valence-corrected chi connectivity index (χ4v) is 2.48. The molecule has 1 aromatic carbocycles. The van der Waals surface area contributed by atoms with Crippen LogP contribution in [0.15, 0.2) is 41.0 Å². The number of hydrogen-bond donors (Lipinski definition) is 1. The largest absolute Gasteiger partial charge is 0.469 e. The molecule has 2 aromatic rings. The van der Waals surface area contributed by atoms with Gasteiger partial charge in [0.15, 0.2) is 11.5 Å². The van der Waals surface area contributed by atoms with E-state index < -0.39 is 5.79 Å². The van der Waals surface area contributed by atoms with E-state index in [1.54, 1.807) is 6.26 Å². The number of fused-ring (bicyclic) bond motifs is 1. The van der Waals surface area contributed by atoms with Gasteiger partial charge in [-0.15, -0.1) is 0 Å². The Hall–Kier alpha value is -2.10. The normalized spacial score (nSPS) is 16.7. The number of anilines is 1. The zero-order valence-electron chi connectivity index (χ0n) is 12.7. The van der Waals surface area contributed by atoms with Gasteiger partial charge in [0.2, 0.25) is 5.79 Å². The van der Waals surface area contributed by atoms with E-state index >= 15 is 0 Å². The average Bonchev–Trinajstić information content (AvgIpc) is 3.01. The summed E-state index contributed by atoms with van der Waals surface area (Å²) in [5.74, 6) is 2.04. The zero-order chi connectivity index (χ0) is 14.9. The molecule has 21 heavy (non-hydrogen) atoms. The second-order valence-corrected chi connectivity index (χ2v) is 5.93. The molecule has 1 atom stereocenters. The Balaban J connectivity index is 1.58. The minimum Gasteiger partial charge on any atom is -0.469 e. The summed E-state index contributed by atoms with van der Waals surface area (Å²) in [6.45, 7) is 5.98. The third-order valence-electron chi connectivity index (χ3n) is 3.47. The second-order valence-electron chi connectivity index (χ2n) is 5.93. The fraction of sp³-hybridized carbons (Fsp3) is 0.412. The van der Waals surface area contributed by atoms with Crippen molar-refractivity contribution in [2.75, 3.05) is 5.32 Å². The molecule has 0 fully saturated rings. The number of rotatable bonds is 5. The molecule has 0 saturated heterocycles. The molecule has 0 radical (unpaired) electrons. The van der Waals surface area contributed by atoms with Crippen LogP contribution in [0.1, 0.15) is 33.0 Å². The molecule has 3 rings (SSSR count). The predicted octanol–water partition coefficient (Wildman–Crippen LogP) is 4.22. The van der Waals surface area contributed by atoms with Gasteiger partial charge in [-0.1, -0.05) is 0 Å². The van der Waals surface area contributed by atoms with E-state index in [1.165, 1.54) is 0 Å². The molecule has 112 valence electrons. The van der Waals surface area contributed by atoms with E-state index in [2.05, 4.69) is 12.2 Å². The van der Waals surface area contributed by atoms with E-state index in [0.29, 0.717) is 6.04 Å².